The van der Waals surface area contributed by atoms with Crippen molar-refractivity contribution in [2.75, 3.05) is 33.9 Å². The predicted octanol–water partition coefficient (Wildman–Crippen LogP) is -0.0479. The van der Waals surface area contributed by atoms with Crippen LogP contribution in [0.25, 0.3) is 0 Å². The van der Waals surface area contributed by atoms with Crippen LogP contribution in [0, 0.1) is 5.82 Å². The maximum Gasteiger partial charge on any atom is 0.344 e. The van der Waals surface area contributed by atoms with Gasteiger partial charge in [0.15, 0.2) is 24.8 Å². The van der Waals surface area contributed by atoms with Crippen LogP contribution in [0.2, 0.25) is 0 Å². The van der Waals surface area contributed by atoms with Crippen LogP contribution in [0.4, 0.5) is 4.39 Å². The summed E-state index contributed by atoms with van der Waals surface area (Å²) in [6, 6.07) is 5.60. The van der Waals surface area contributed by atoms with Crippen LogP contribution in [0.5, 0.6) is 5.75 Å². The zero-order valence-electron chi connectivity index (χ0n) is 12.3. The van der Waals surface area contributed by atoms with Crippen molar-refractivity contribution in [1.82, 2.24) is 10.2 Å². The van der Waals surface area contributed by atoms with Gasteiger partial charge in [0.1, 0.15) is 0 Å². The van der Waals surface area contributed by atoms with Crippen molar-refractivity contribution in [2.45, 2.75) is 0 Å². The van der Waals surface area contributed by atoms with E-state index in [1.54, 1.807) is 6.07 Å². The number of nitrogens with one attached hydrogen (secondary N) is 1. The van der Waals surface area contributed by atoms with E-state index in [0.717, 1.165) is 4.90 Å². The lowest BCUT2D eigenvalue weighted by Gasteiger charge is -2.16. The first-order valence-electron chi connectivity index (χ1n) is 6.41. The van der Waals surface area contributed by atoms with Crippen molar-refractivity contribution in [3.8, 4) is 5.75 Å². The molecular weight excluding hydrogens is 295 g/mol. The molecule has 0 atom stereocenters. The molecule has 0 aliphatic carbocycles. The molecule has 1 aromatic rings. The van der Waals surface area contributed by atoms with Crippen LogP contribution in [0.3, 0.4) is 0 Å². The predicted molar refractivity (Wildman–Crippen MR) is 74.6 cm³/mol. The molecule has 2 amide bonds. The van der Waals surface area contributed by atoms with Gasteiger partial charge in [0.05, 0.1) is 6.54 Å². The summed E-state index contributed by atoms with van der Waals surface area (Å²) in [5.41, 5.74) is 0. The Morgan fingerprint density at radius 3 is 2.55 bits per heavy atom. The van der Waals surface area contributed by atoms with E-state index in [9.17, 15) is 18.8 Å². The molecule has 0 aliphatic heterocycles. The summed E-state index contributed by atoms with van der Waals surface area (Å²) in [5, 5.41) is 2.36. The maximum absolute atomic E-state index is 13.2. The van der Waals surface area contributed by atoms with Gasteiger partial charge in [-0.3, -0.25) is 9.59 Å². The summed E-state index contributed by atoms with van der Waals surface area (Å²) in [5.74, 6) is -2.38. The molecule has 1 aromatic carbocycles. The van der Waals surface area contributed by atoms with E-state index >= 15 is 0 Å². The summed E-state index contributed by atoms with van der Waals surface area (Å²) < 4.78 is 22.9. The number of carbonyl (C=O) groups is 3. The Kier molecular flexibility index (Phi) is 6.81. The highest BCUT2D eigenvalue weighted by Crippen LogP contribution is 2.14. The lowest BCUT2D eigenvalue weighted by molar-refractivity contribution is -0.153. The first-order valence-corrected chi connectivity index (χ1v) is 6.41. The molecular formula is C14H17FN2O5. The van der Waals surface area contributed by atoms with Gasteiger partial charge in [-0.1, -0.05) is 12.1 Å². The van der Waals surface area contributed by atoms with E-state index in [2.05, 4.69) is 5.32 Å². The highest BCUT2D eigenvalue weighted by Gasteiger charge is 2.15. The van der Waals surface area contributed by atoms with Gasteiger partial charge in [-0.2, -0.15) is 0 Å². The molecule has 7 nitrogen and oxygen atoms in total. The molecule has 0 saturated heterocycles. The summed E-state index contributed by atoms with van der Waals surface area (Å²) in [6.07, 6.45) is 0. The van der Waals surface area contributed by atoms with Gasteiger partial charge >= 0.3 is 5.97 Å². The van der Waals surface area contributed by atoms with E-state index in [4.69, 9.17) is 9.47 Å². The number of benzene rings is 1. The minimum Gasteiger partial charge on any atom is -0.479 e. The standard InChI is InChI=1S/C14H17FN2O5/c1-16-12(18)7-17(2)13(19)8-22-14(20)9-21-11-6-4-3-5-10(11)15/h3-6H,7-9H2,1-2H3,(H,16,18). The maximum atomic E-state index is 13.2. The first kappa shape index (κ1) is 17.4. The number of rotatable bonds is 7. The lowest BCUT2D eigenvalue weighted by atomic mass is 10.3. The summed E-state index contributed by atoms with van der Waals surface area (Å²) >= 11 is 0. The Labute approximate surface area is 127 Å². The zero-order chi connectivity index (χ0) is 16.5. The van der Waals surface area contributed by atoms with E-state index in [0.29, 0.717) is 0 Å². The minimum atomic E-state index is -0.815. The minimum absolute atomic E-state index is 0.0810. The van der Waals surface area contributed by atoms with Crippen molar-refractivity contribution in [3.63, 3.8) is 0 Å². The molecule has 0 bridgehead atoms. The fraction of sp³-hybridized carbons (Fsp3) is 0.357. The van der Waals surface area contributed by atoms with Gasteiger partial charge in [-0.15, -0.1) is 0 Å². The average Bonchev–Trinajstić information content (AvgIpc) is 2.51. The third kappa shape index (κ3) is 5.78. The second kappa shape index (κ2) is 8.60. The molecule has 1 rings (SSSR count). The highest BCUT2D eigenvalue weighted by molar-refractivity contribution is 5.86. The van der Waals surface area contributed by atoms with Crippen LogP contribution < -0.4 is 10.1 Å². The molecule has 22 heavy (non-hydrogen) atoms. The number of nitrogens with zero attached hydrogens (tertiary/aromatic N) is 1. The molecule has 0 spiro atoms. The number of carbonyl (C=O) groups excluding carboxylic acids is 3. The van der Waals surface area contributed by atoms with Crippen molar-refractivity contribution >= 4 is 17.8 Å². The smallest absolute Gasteiger partial charge is 0.344 e. The number of halogens is 1. The Morgan fingerprint density at radius 1 is 1.23 bits per heavy atom. The number of amides is 2. The largest absolute Gasteiger partial charge is 0.479 e. The Hall–Kier alpha value is -2.64. The van der Waals surface area contributed by atoms with E-state index in [1.807, 2.05) is 0 Å². The van der Waals surface area contributed by atoms with Crippen molar-refractivity contribution in [3.05, 3.63) is 30.1 Å². The van der Waals surface area contributed by atoms with Gasteiger partial charge < -0.3 is 19.7 Å². The van der Waals surface area contributed by atoms with Gasteiger partial charge in [-0.25, -0.2) is 9.18 Å². The second-order valence-corrected chi connectivity index (χ2v) is 4.30. The summed E-state index contributed by atoms with van der Waals surface area (Å²) in [6.45, 7) is -1.18. The first-order chi connectivity index (χ1) is 10.4. The van der Waals surface area contributed by atoms with Gasteiger partial charge in [-0.05, 0) is 12.1 Å². The number of hydrogen-bond donors (Lipinski definition) is 1. The Bertz CT molecular complexity index is 550. The molecule has 0 heterocycles. The fourth-order valence-electron chi connectivity index (χ4n) is 1.38. The number of ether oxygens (including phenoxy) is 2. The van der Waals surface area contributed by atoms with Gasteiger partial charge in [0.2, 0.25) is 5.91 Å². The van der Waals surface area contributed by atoms with Gasteiger partial charge in [0.25, 0.3) is 5.91 Å². The fourth-order valence-corrected chi connectivity index (χ4v) is 1.38. The molecule has 120 valence electrons. The van der Waals surface area contributed by atoms with Crippen LogP contribution in [-0.2, 0) is 19.1 Å². The van der Waals surface area contributed by atoms with Crippen molar-refractivity contribution in [1.29, 1.82) is 0 Å². The molecule has 1 N–H and O–H groups in total. The molecule has 0 saturated carbocycles. The van der Waals surface area contributed by atoms with Crippen LogP contribution in [0.15, 0.2) is 24.3 Å². The molecule has 0 aromatic heterocycles. The molecule has 0 radical (unpaired) electrons. The highest BCUT2D eigenvalue weighted by atomic mass is 19.1. The summed E-state index contributed by atoms with van der Waals surface area (Å²) in [7, 11) is 2.85. The quantitative estimate of drug-likeness (QED) is 0.714. The van der Waals surface area contributed by atoms with Crippen LogP contribution in [-0.4, -0.2) is 56.5 Å². The van der Waals surface area contributed by atoms with Crippen molar-refractivity contribution < 1.29 is 28.2 Å². The van der Waals surface area contributed by atoms with Crippen molar-refractivity contribution in [2.24, 2.45) is 0 Å². The number of esters is 1. The second-order valence-electron chi connectivity index (χ2n) is 4.30. The summed E-state index contributed by atoms with van der Waals surface area (Å²) in [4.78, 5) is 35.2. The van der Waals surface area contributed by atoms with Crippen LogP contribution >= 0.6 is 0 Å². The SMILES string of the molecule is CNC(=O)CN(C)C(=O)COC(=O)COc1ccccc1F. The number of hydrogen-bond acceptors (Lipinski definition) is 5. The topological polar surface area (TPSA) is 84.9 Å². The number of likely N-dealkylation sites (N-methyl/N-ethyl adjacent to an activating group) is 2. The average molecular weight is 312 g/mol. The van der Waals surface area contributed by atoms with Gasteiger partial charge in [0, 0.05) is 14.1 Å². The molecule has 0 fully saturated rings. The molecule has 0 aliphatic rings. The molecule has 8 heteroatoms. The van der Waals surface area contributed by atoms with E-state index < -0.39 is 30.9 Å². The third-order valence-electron chi connectivity index (χ3n) is 2.62. The van der Waals surface area contributed by atoms with Crippen LogP contribution in [0.1, 0.15) is 0 Å². The zero-order valence-corrected chi connectivity index (χ0v) is 12.3. The monoisotopic (exact) mass is 312 g/mol. The normalized spacial score (nSPS) is 9.77. The molecule has 0 unspecified atom stereocenters. The lowest BCUT2D eigenvalue weighted by Crippen LogP contribution is -2.39. The Balaban J connectivity index is 2.32. The number of para-hydroxylation sites is 1. The Morgan fingerprint density at radius 2 is 1.91 bits per heavy atom. The third-order valence-corrected chi connectivity index (χ3v) is 2.62. The van der Waals surface area contributed by atoms with E-state index in [-0.39, 0.29) is 18.2 Å². The van der Waals surface area contributed by atoms with E-state index in [1.165, 1.54) is 32.3 Å².